The van der Waals surface area contributed by atoms with Gasteiger partial charge in [-0.25, -0.2) is 9.18 Å². The Morgan fingerprint density at radius 3 is 2.52 bits per heavy atom. The summed E-state index contributed by atoms with van der Waals surface area (Å²) in [6, 6.07) is 2.60. The number of ketones is 1. The minimum atomic E-state index is -4.88. The van der Waals surface area contributed by atoms with Gasteiger partial charge >= 0.3 is 12.1 Å². The zero-order valence-corrected chi connectivity index (χ0v) is 14.1. The molecular formula is C19H15F4NO3. The molecule has 1 unspecified atom stereocenters. The van der Waals surface area contributed by atoms with Crippen molar-refractivity contribution in [1.82, 2.24) is 5.32 Å². The largest absolute Gasteiger partial charge is 0.462 e. The molecule has 0 saturated carbocycles. The van der Waals surface area contributed by atoms with E-state index in [1.807, 2.05) is 0 Å². The Labute approximate surface area is 151 Å². The van der Waals surface area contributed by atoms with Gasteiger partial charge in [0, 0.05) is 35.7 Å². The molecule has 142 valence electrons. The molecule has 1 N–H and O–H groups in total. The number of alkyl halides is 3. The van der Waals surface area contributed by atoms with Crippen LogP contribution in [0.3, 0.4) is 0 Å². The molecule has 0 fully saturated rings. The van der Waals surface area contributed by atoms with Crippen LogP contribution in [0.2, 0.25) is 0 Å². The fraction of sp³-hybridized carbons (Fsp3) is 0.368. The third kappa shape index (κ3) is 2.93. The Balaban J connectivity index is 1.92. The summed E-state index contributed by atoms with van der Waals surface area (Å²) in [6.45, 7) is 0.158. The maximum Gasteiger partial charge on any atom is 0.419 e. The average Bonchev–Trinajstić information content (AvgIpc) is 2.60. The van der Waals surface area contributed by atoms with E-state index in [1.54, 1.807) is 0 Å². The summed E-state index contributed by atoms with van der Waals surface area (Å²) in [5, 5.41) is 3.12. The van der Waals surface area contributed by atoms with Crippen molar-refractivity contribution in [2.45, 2.75) is 37.8 Å². The van der Waals surface area contributed by atoms with Crippen LogP contribution in [-0.2, 0) is 20.5 Å². The van der Waals surface area contributed by atoms with E-state index < -0.39 is 29.4 Å². The molecule has 0 aromatic heterocycles. The number of carbonyl (C=O) groups excluding carboxylic acids is 2. The SMILES string of the molecule is O=C1CCCC2=C1C(c1ccc(F)c(C(F)(F)F)c1)C1=C(CCOC1=O)N2. The van der Waals surface area contributed by atoms with Gasteiger partial charge in [0.2, 0.25) is 0 Å². The van der Waals surface area contributed by atoms with Gasteiger partial charge in [0.15, 0.2) is 5.78 Å². The highest BCUT2D eigenvalue weighted by atomic mass is 19.4. The van der Waals surface area contributed by atoms with Gasteiger partial charge in [-0.2, -0.15) is 13.2 Å². The molecule has 27 heavy (non-hydrogen) atoms. The first-order chi connectivity index (χ1) is 12.8. The summed E-state index contributed by atoms with van der Waals surface area (Å²) in [4.78, 5) is 25.0. The van der Waals surface area contributed by atoms with Gasteiger partial charge in [-0.15, -0.1) is 0 Å². The van der Waals surface area contributed by atoms with Crippen LogP contribution in [0.25, 0.3) is 0 Å². The van der Waals surface area contributed by atoms with Crippen LogP contribution in [0.5, 0.6) is 0 Å². The van der Waals surface area contributed by atoms with Crippen LogP contribution < -0.4 is 5.32 Å². The molecular weight excluding hydrogens is 366 g/mol. The molecule has 3 aliphatic rings. The summed E-state index contributed by atoms with van der Waals surface area (Å²) >= 11 is 0. The van der Waals surface area contributed by atoms with Crippen molar-refractivity contribution >= 4 is 11.8 Å². The number of halogens is 4. The van der Waals surface area contributed by atoms with E-state index >= 15 is 0 Å². The number of allylic oxidation sites excluding steroid dienone is 2. The minimum Gasteiger partial charge on any atom is -0.462 e. The van der Waals surface area contributed by atoms with Gasteiger partial charge in [0.1, 0.15) is 5.82 Å². The molecule has 1 aromatic carbocycles. The monoisotopic (exact) mass is 381 g/mol. The predicted octanol–water partition coefficient (Wildman–Crippen LogP) is 3.74. The Morgan fingerprint density at radius 2 is 1.78 bits per heavy atom. The summed E-state index contributed by atoms with van der Waals surface area (Å²) in [5.41, 5.74) is 0.230. The summed E-state index contributed by atoms with van der Waals surface area (Å²) in [6.07, 6.45) is -3.05. The average molecular weight is 381 g/mol. The lowest BCUT2D eigenvalue weighted by molar-refractivity contribution is -0.140. The summed E-state index contributed by atoms with van der Waals surface area (Å²) in [7, 11) is 0. The third-order valence-electron chi connectivity index (χ3n) is 5.09. The van der Waals surface area contributed by atoms with E-state index in [9.17, 15) is 27.2 Å². The Morgan fingerprint density at radius 1 is 1.04 bits per heavy atom. The first-order valence-electron chi connectivity index (χ1n) is 8.57. The third-order valence-corrected chi connectivity index (χ3v) is 5.09. The number of nitrogens with one attached hydrogen (secondary N) is 1. The Hall–Kier alpha value is -2.64. The summed E-state index contributed by atoms with van der Waals surface area (Å²) < 4.78 is 58.3. The number of carbonyl (C=O) groups is 2. The number of hydrogen-bond donors (Lipinski definition) is 1. The topological polar surface area (TPSA) is 55.4 Å². The van der Waals surface area contributed by atoms with E-state index in [0.29, 0.717) is 36.7 Å². The lowest BCUT2D eigenvalue weighted by atomic mass is 9.74. The number of rotatable bonds is 1. The van der Waals surface area contributed by atoms with Crippen LogP contribution in [0.1, 0.15) is 42.7 Å². The van der Waals surface area contributed by atoms with Crippen LogP contribution >= 0.6 is 0 Å². The van der Waals surface area contributed by atoms with Crippen LogP contribution in [0.4, 0.5) is 17.6 Å². The van der Waals surface area contributed by atoms with Crippen molar-refractivity contribution in [2.24, 2.45) is 0 Å². The maximum absolute atomic E-state index is 13.7. The molecule has 1 atom stereocenters. The first-order valence-corrected chi connectivity index (χ1v) is 8.57. The predicted molar refractivity (Wildman–Crippen MR) is 85.8 cm³/mol. The lowest BCUT2D eigenvalue weighted by Gasteiger charge is -2.36. The molecule has 0 spiro atoms. The van der Waals surface area contributed by atoms with Crippen molar-refractivity contribution in [3.8, 4) is 0 Å². The normalized spacial score (nSPS) is 22.9. The van der Waals surface area contributed by atoms with Crippen molar-refractivity contribution < 1.29 is 31.9 Å². The van der Waals surface area contributed by atoms with Gasteiger partial charge in [-0.1, -0.05) is 6.07 Å². The molecule has 4 rings (SSSR count). The zero-order valence-electron chi connectivity index (χ0n) is 14.1. The number of esters is 1. The van der Waals surface area contributed by atoms with Crippen molar-refractivity contribution in [3.05, 3.63) is 57.7 Å². The quantitative estimate of drug-likeness (QED) is 0.595. The second-order valence-electron chi connectivity index (χ2n) is 6.74. The molecule has 2 heterocycles. The van der Waals surface area contributed by atoms with E-state index in [4.69, 9.17) is 4.74 Å². The van der Waals surface area contributed by atoms with E-state index in [1.165, 1.54) is 6.07 Å². The molecule has 0 radical (unpaired) electrons. The molecule has 0 saturated heterocycles. The number of ether oxygens (including phenoxy) is 1. The highest BCUT2D eigenvalue weighted by Crippen LogP contribution is 2.45. The molecule has 4 nitrogen and oxygen atoms in total. The fourth-order valence-electron chi connectivity index (χ4n) is 3.93. The van der Waals surface area contributed by atoms with Crippen molar-refractivity contribution in [3.63, 3.8) is 0 Å². The first kappa shape index (κ1) is 17.8. The minimum absolute atomic E-state index is 0.0549. The molecule has 1 aliphatic carbocycles. The Kier molecular flexibility index (Phi) is 4.09. The van der Waals surface area contributed by atoms with E-state index in [-0.39, 0.29) is 35.5 Å². The van der Waals surface area contributed by atoms with Crippen molar-refractivity contribution in [1.29, 1.82) is 0 Å². The molecule has 0 bridgehead atoms. The number of benzene rings is 1. The van der Waals surface area contributed by atoms with Gasteiger partial charge in [-0.3, -0.25) is 4.79 Å². The van der Waals surface area contributed by atoms with E-state index in [0.717, 1.165) is 6.07 Å². The summed E-state index contributed by atoms with van der Waals surface area (Å²) in [5.74, 6) is -3.28. The van der Waals surface area contributed by atoms with Gasteiger partial charge < -0.3 is 10.1 Å². The highest BCUT2D eigenvalue weighted by Gasteiger charge is 2.42. The highest BCUT2D eigenvalue weighted by molar-refractivity contribution is 6.04. The fourth-order valence-corrected chi connectivity index (χ4v) is 3.93. The molecule has 1 aromatic rings. The van der Waals surface area contributed by atoms with Crippen LogP contribution in [-0.4, -0.2) is 18.4 Å². The number of cyclic esters (lactones) is 1. The zero-order chi connectivity index (χ0) is 19.3. The second-order valence-corrected chi connectivity index (χ2v) is 6.74. The van der Waals surface area contributed by atoms with Crippen molar-refractivity contribution in [2.75, 3.05) is 6.61 Å². The van der Waals surface area contributed by atoms with E-state index in [2.05, 4.69) is 5.32 Å². The van der Waals surface area contributed by atoms with Crippen LogP contribution in [0.15, 0.2) is 40.7 Å². The Bertz CT molecular complexity index is 872. The second kappa shape index (κ2) is 6.21. The molecule has 0 amide bonds. The smallest absolute Gasteiger partial charge is 0.419 e. The van der Waals surface area contributed by atoms with Crippen LogP contribution in [0, 0.1) is 5.82 Å². The van der Waals surface area contributed by atoms with Gasteiger partial charge in [0.05, 0.1) is 17.7 Å². The lowest BCUT2D eigenvalue weighted by Crippen LogP contribution is -2.37. The maximum atomic E-state index is 13.7. The number of Topliss-reactive ketones (excluding diaryl/α,β-unsaturated/α-hetero) is 1. The number of dihydropyridines is 1. The molecule has 2 aliphatic heterocycles. The molecule has 8 heteroatoms. The van der Waals surface area contributed by atoms with Gasteiger partial charge in [-0.05, 0) is 30.5 Å². The number of hydrogen-bond acceptors (Lipinski definition) is 4. The van der Waals surface area contributed by atoms with Gasteiger partial charge in [0.25, 0.3) is 0 Å². The standard InChI is InChI=1S/C19H15F4NO3/c20-11-5-4-9(8-10(11)19(21,22)23)15-16-12(2-1-3-14(16)25)24-13-6-7-27-18(26)17(13)15/h4-5,8,15,24H,1-3,6-7H2.